The Balaban J connectivity index is 2.50. The molecule has 1 unspecified atom stereocenters. The van der Waals surface area contributed by atoms with Gasteiger partial charge in [-0.25, -0.2) is 0 Å². The van der Waals surface area contributed by atoms with Crippen LogP contribution in [0.4, 0.5) is 0 Å². The molecule has 0 N–H and O–H groups in total. The zero-order valence-electron chi connectivity index (χ0n) is 21.5. The summed E-state index contributed by atoms with van der Waals surface area (Å²) in [4.78, 5) is 11.5. The molecule has 3 nitrogen and oxygen atoms in total. The van der Waals surface area contributed by atoms with Gasteiger partial charge in [0.25, 0.3) is 0 Å². The second kappa shape index (κ2) is 14.3. The molecule has 0 saturated heterocycles. The lowest BCUT2D eigenvalue weighted by Crippen LogP contribution is -2.42. The van der Waals surface area contributed by atoms with Crippen molar-refractivity contribution in [1.82, 2.24) is 0 Å². The quantitative estimate of drug-likeness (QED) is 0.116. The number of unbranched alkanes of at least 4 members (excludes halogenated alkanes) is 5. The molecule has 0 aliphatic heterocycles. The number of rotatable bonds is 14. The van der Waals surface area contributed by atoms with E-state index < -0.39 is 8.32 Å². The van der Waals surface area contributed by atoms with E-state index in [0.717, 1.165) is 19.4 Å². The minimum Gasteiger partial charge on any atom is -0.458 e. The second-order valence-corrected chi connectivity index (χ2v) is 15.7. The molecule has 1 rings (SSSR count). The summed E-state index contributed by atoms with van der Waals surface area (Å²) in [6.07, 6.45) is 20.8. The highest BCUT2D eigenvalue weighted by Crippen LogP contribution is 2.39. The predicted octanol–water partition coefficient (Wildman–Crippen LogP) is 8.22. The first kappa shape index (κ1) is 28.2. The average molecular weight is 451 g/mol. The Hall–Kier alpha value is -0.873. The molecule has 0 heterocycles. The minimum absolute atomic E-state index is 0.102. The van der Waals surface area contributed by atoms with Crippen LogP contribution in [-0.4, -0.2) is 27.0 Å². The highest BCUT2D eigenvalue weighted by Gasteiger charge is 2.38. The van der Waals surface area contributed by atoms with Crippen LogP contribution < -0.4 is 0 Å². The predicted molar refractivity (Wildman–Crippen MR) is 136 cm³/mol. The van der Waals surface area contributed by atoms with Crippen LogP contribution in [0.3, 0.4) is 0 Å². The van der Waals surface area contributed by atoms with Crippen molar-refractivity contribution in [2.24, 2.45) is 11.8 Å². The Labute approximate surface area is 194 Å². The molecule has 1 aliphatic rings. The van der Waals surface area contributed by atoms with E-state index in [2.05, 4.69) is 65.1 Å². The molecule has 1 fully saturated rings. The first-order chi connectivity index (χ1) is 14.6. The highest BCUT2D eigenvalue weighted by molar-refractivity contribution is 6.74. The van der Waals surface area contributed by atoms with Crippen molar-refractivity contribution < 1.29 is 14.0 Å². The van der Waals surface area contributed by atoms with Crippen LogP contribution in [0.15, 0.2) is 24.3 Å². The van der Waals surface area contributed by atoms with Crippen LogP contribution in [0.5, 0.6) is 0 Å². The lowest BCUT2D eigenvalue weighted by atomic mass is 9.96. The Kier molecular flexibility index (Phi) is 13.0. The number of carbonyl (C=O) groups excluding carboxylic acids is 1. The number of carbonyl (C=O) groups is 1. The van der Waals surface area contributed by atoms with E-state index in [4.69, 9.17) is 9.16 Å². The molecule has 0 amide bonds. The minimum atomic E-state index is -1.68. The van der Waals surface area contributed by atoms with E-state index in [9.17, 15) is 4.79 Å². The summed E-state index contributed by atoms with van der Waals surface area (Å²) < 4.78 is 12.0. The summed E-state index contributed by atoms with van der Waals surface area (Å²) >= 11 is 0. The molecule has 1 saturated carbocycles. The maximum atomic E-state index is 11.5. The van der Waals surface area contributed by atoms with Crippen LogP contribution in [0.2, 0.25) is 18.1 Å². The molecule has 0 bridgehead atoms. The normalized spacial score (nSPS) is 21.3. The topological polar surface area (TPSA) is 35.5 Å². The molecule has 1 aliphatic carbocycles. The molecular weight excluding hydrogens is 400 g/mol. The third kappa shape index (κ3) is 11.5. The van der Waals surface area contributed by atoms with Gasteiger partial charge in [0.1, 0.15) is 6.10 Å². The van der Waals surface area contributed by atoms with Crippen molar-refractivity contribution in [1.29, 1.82) is 0 Å². The summed E-state index contributed by atoms with van der Waals surface area (Å²) in [7, 11) is -1.68. The van der Waals surface area contributed by atoms with Crippen molar-refractivity contribution in [3.63, 3.8) is 0 Å². The van der Waals surface area contributed by atoms with E-state index in [1.165, 1.54) is 58.3 Å². The van der Waals surface area contributed by atoms with Gasteiger partial charge in [0, 0.05) is 13.5 Å². The van der Waals surface area contributed by atoms with Gasteiger partial charge in [-0.15, -0.1) is 0 Å². The Morgan fingerprint density at radius 1 is 1.06 bits per heavy atom. The van der Waals surface area contributed by atoms with Crippen molar-refractivity contribution in [2.45, 2.75) is 123 Å². The Bertz CT molecular complexity index is 559. The van der Waals surface area contributed by atoms with E-state index in [1.54, 1.807) is 0 Å². The number of allylic oxidation sites excluding steroid dienone is 3. The van der Waals surface area contributed by atoms with Gasteiger partial charge in [-0.05, 0) is 61.7 Å². The lowest BCUT2D eigenvalue weighted by molar-refractivity contribution is -0.144. The number of hydrogen-bond acceptors (Lipinski definition) is 3. The van der Waals surface area contributed by atoms with Gasteiger partial charge < -0.3 is 9.16 Å². The first-order valence-electron chi connectivity index (χ1n) is 12.7. The third-order valence-corrected chi connectivity index (χ3v) is 11.6. The van der Waals surface area contributed by atoms with Gasteiger partial charge in [0.2, 0.25) is 0 Å². The van der Waals surface area contributed by atoms with E-state index in [0.29, 0.717) is 11.8 Å². The maximum absolute atomic E-state index is 11.5. The van der Waals surface area contributed by atoms with Crippen LogP contribution >= 0.6 is 0 Å². The Morgan fingerprint density at radius 2 is 1.74 bits per heavy atom. The molecule has 31 heavy (non-hydrogen) atoms. The highest BCUT2D eigenvalue weighted by atomic mass is 28.4. The maximum Gasteiger partial charge on any atom is 0.303 e. The fraction of sp³-hybridized carbons (Fsp3) is 0.815. The fourth-order valence-corrected chi connectivity index (χ4v) is 5.05. The summed E-state index contributed by atoms with van der Waals surface area (Å²) in [5.41, 5.74) is 0. The monoisotopic (exact) mass is 450 g/mol. The van der Waals surface area contributed by atoms with Gasteiger partial charge in [0.05, 0.1) is 0 Å². The third-order valence-electron chi connectivity index (χ3n) is 7.14. The van der Waals surface area contributed by atoms with Gasteiger partial charge in [-0.3, -0.25) is 4.79 Å². The Morgan fingerprint density at radius 3 is 2.39 bits per heavy atom. The van der Waals surface area contributed by atoms with E-state index in [1.807, 2.05) is 0 Å². The molecule has 0 aromatic carbocycles. The molecule has 4 heteroatoms. The molecule has 0 spiro atoms. The SMILES string of the molecule is CCCCCCCCC(C=CC=C[C@H]1CCC[C@H]1CO[Si](C)(C)C(C)(C)C)OC(C)=O. The standard InChI is InChI=1S/C27H50O3Si/c1-8-9-10-11-12-13-20-26(30-23(2)28)21-15-14-17-24-18-16-19-25(24)22-29-31(6,7)27(3,4)5/h14-15,17,21,24-26H,8-13,16,18-20,22H2,1-7H3/t24-,25-,26?/m0/s1. The first-order valence-corrected chi connectivity index (χ1v) is 15.6. The van der Waals surface area contributed by atoms with Crippen LogP contribution in [0.25, 0.3) is 0 Å². The van der Waals surface area contributed by atoms with Gasteiger partial charge in [0.15, 0.2) is 8.32 Å². The van der Waals surface area contributed by atoms with Gasteiger partial charge >= 0.3 is 5.97 Å². The van der Waals surface area contributed by atoms with Crippen LogP contribution in [0, 0.1) is 11.8 Å². The molecule has 3 atom stereocenters. The lowest BCUT2D eigenvalue weighted by Gasteiger charge is -2.37. The molecule has 180 valence electrons. The zero-order chi connectivity index (χ0) is 23.3. The van der Waals surface area contributed by atoms with Crippen molar-refractivity contribution in [3.8, 4) is 0 Å². The average Bonchev–Trinajstić information content (AvgIpc) is 3.12. The fourth-order valence-electron chi connectivity index (χ4n) is 3.99. The summed E-state index contributed by atoms with van der Waals surface area (Å²) in [5.74, 6) is 1.04. The second-order valence-electron chi connectivity index (χ2n) is 10.9. The van der Waals surface area contributed by atoms with Crippen LogP contribution in [-0.2, 0) is 14.0 Å². The summed E-state index contributed by atoms with van der Waals surface area (Å²) in [5, 5.41) is 0.265. The molecular formula is C27H50O3Si. The number of esters is 1. The number of hydrogen-bond donors (Lipinski definition) is 0. The van der Waals surface area contributed by atoms with Gasteiger partial charge in [-0.1, -0.05) is 84.4 Å². The zero-order valence-corrected chi connectivity index (χ0v) is 22.5. The van der Waals surface area contributed by atoms with Crippen molar-refractivity contribution in [3.05, 3.63) is 24.3 Å². The number of ether oxygens (including phenoxy) is 1. The van der Waals surface area contributed by atoms with Gasteiger partial charge in [-0.2, -0.15) is 0 Å². The summed E-state index contributed by atoms with van der Waals surface area (Å²) in [6.45, 7) is 16.2. The molecule has 0 aromatic rings. The van der Waals surface area contributed by atoms with E-state index >= 15 is 0 Å². The van der Waals surface area contributed by atoms with Crippen molar-refractivity contribution in [2.75, 3.05) is 6.61 Å². The largest absolute Gasteiger partial charge is 0.458 e. The summed E-state index contributed by atoms with van der Waals surface area (Å²) in [6, 6.07) is 0. The van der Waals surface area contributed by atoms with Crippen molar-refractivity contribution >= 4 is 14.3 Å². The van der Waals surface area contributed by atoms with E-state index in [-0.39, 0.29) is 17.1 Å². The molecule has 0 aromatic heterocycles. The molecule has 0 radical (unpaired) electrons. The van der Waals surface area contributed by atoms with Crippen LogP contribution in [0.1, 0.15) is 98.8 Å². The smallest absolute Gasteiger partial charge is 0.303 e.